The minimum absolute atomic E-state index is 0.125. The van der Waals surface area contributed by atoms with Gasteiger partial charge >= 0.3 is 5.97 Å². The molecule has 4 fully saturated rings. The van der Waals surface area contributed by atoms with Gasteiger partial charge in [0.05, 0.1) is 111 Å². The Labute approximate surface area is 682 Å². The highest BCUT2D eigenvalue weighted by Crippen LogP contribution is 2.26. The second-order valence-corrected chi connectivity index (χ2v) is 28.9. The zero-order valence-corrected chi connectivity index (χ0v) is 66.5. The molecule has 5 rings (SSSR count). The Morgan fingerprint density at radius 3 is 0.831 bits per heavy atom. The number of nitrogens with zero attached hydrogens (tertiary/aromatic N) is 3. The maximum Gasteiger partial charge on any atom is 0.306 e. The molecule has 674 valence electrons. The number of hydrogen-bond acceptors (Lipinski definition) is 36. The first-order chi connectivity index (χ1) is 56.4. The Morgan fingerprint density at radius 2 is 0.559 bits per heavy atom. The van der Waals surface area contributed by atoms with Crippen molar-refractivity contribution in [2.24, 2.45) is 0 Å². The molecule has 4 heterocycles. The Bertz CT molecular complexity index is 3030. The lowest BCUT2D eigenvalue weighted by atomic mass is 9.99. The van der Waals surface area contributed by atoms with Crippen LogP contribution in [0.1, 0.15) is 83.6 Å². The number of carbonyl (C=O) groups excluding carboxylic acids is 10. The normalized spacial score (nSPS) is 27.0. The molecule has 0 spiro atoms. The lowest BCUT2D eigenvalue weighted by Gasteiger charge is -2.39. The van der Waals surface area contributed by atoms with Crippen LogP contribution in [0.4, 0.5) is 0 Å². The topological polar surface area (TPSA) is 655 Å². The van der Waals surface area contributed by atoms with E-state index in [9.17, 15) is 119 Å². The van der Waals surface area contributed by atoms with Crippen molar-refractivity contribution in [3.63, 3.8) is 0 Å². The van der Waals surface area contributed by atoms with Crippen LogP contribution in [0.2, 0.25) is 0 Å². The van der Waals surface area contributed by atoms with Gasteiger partial charge in [0.1, 0.15) is 92.1 Å². The molecule has 45 nitrogen and oxygen atoms in total. The summed E-state index contributed by atoms with van der Waals surface area (Å²) in [6, 6.07) is 9.21. The highest BCUT2D eigenvalue weighted by Gasteiger charge is 2.47. The van der Waals surface area contributed by atoms with Crippen LogP contribution < -0.4 is 47.9 Å². The molecular weight excluding hydrogens is 1570 g/mol. The summed E-state index contributed by atoms with van der Waals surface area (Å²) >= 11 is 0. The third-order valence-electron chi connectivity index (χ3n) is 19.1. The van der Waals surface area contributed by atoms with E-state index >= 15 is 0 Å². The first kappa shape index (κ1) is 101. The van der Waals surface area contributed by atoms with Crippen molar-refractivity contribution in [2.45, 2.75) is 207 Å². The van der Waals surface area contributed by atoms with Crippen molar-refractivity contribution >= 4 is 59.1 Å². The Balaban J connectivity index is 1.06. The second-order valence-electron chi connectivity index (χ2n) is 28.9. The molecule has 23 N–H and O–H groups in total. The molecule has 0 aliphatic carbocycles. The zero-order valence-electron chi connectivity index (χ0n) is 66.5. The smallest absolute Gasteiger partial charge is 0.306 e. The van der Waals surface area contributed by atoms with Crippen molar-refractivity contribution in [1.29, 1.82) is 0 Å². The van der Waals surface area contributed by atoms with Crippen molar-refractivity contribution in [2.75, 3.05) is 157 Å². The van der Waals surface area contributed by atoms with E-state index in [4.69, 9.17) is 42.6 Å². The van der Waals surface area contributed by atoms with Gasteiger partial charge in [0, 0.05) is 65.3 Å². The predicted octanol–water partition coefficient (Wildman–Crippen LogP) is -12.1. The summed E-state index contributed by atoms with van der Waals surface area (Å²) in [5.74, 6) is -5.61. The summed E-state index contributed by atoms with van der Waals surface area (Å²) in [5.41, 5.74) is 0.852. The molecule has 45 heteroatoms. The number of esters is 1. The molecule has 9 amide bonds. The number of benzene rings is 1. The van der Waals surface area contributed by atoms with Gasteiger partial charge in [0.2, 0.25) is 53.2 Å². The Kier molecular flexibility index (Phi) is 48.0. The lowest BCUT2D eigenvalue weighted by Crippen LogP contribution is -2.59. The van der Waals surface area contributed by atoms with E-state index in [0.29, 0.717) is 57.8 Å². The zero-order chi connectivity index (χ0) is 86.6. The van der Waals surface area contributed by atoms with Crippen LogP contribution >= 0.6 is 0 Å². The monoisotopic (exact) mass is 1700 g/mol. The van der Waals surface area contributed by atoms with Crippen molar-refractivity contribution in [3.05, 3.63) is 35.9 Å². The van der Waals surface area contributed by atoms with Crippen LogP contribution in [0.5, 0.6) is 0 Å². The summed E-state index contributed by atoms with van der Waals surface area (Å²) in [5, 5.41) is 165. The second kappa shape index (κ2) is 55.8. The van der Waals surface area contributed by atoms with Crippen molar-refractivity contribution in [3.8, 4) is 0 Å². The molecule has 0 radical (unpaired) electrons. The molecule has 118 heavy (non-hydrogen) atoms. The van der Waals surface area contributed by atoms with Gasteiger partial charge in [0.25, 0.3) is 0 Å². The average molecular weight is 1700 g/mol. The van der Waals surface area contributed by atoms with E-state index in [2.05, 4.69) is 47.9 Å². The number of ether oxygens (including phenoxy) is 9. The van der Waals surface area contributed by atoms with Crippen LogP contribution in [0.3, 0.4) is 0 Å². The van der Waals surface area contributed by atoms with E-state index in [0.717, 1.165) is 5.56 Å². The molecule has 0 unspecified atom stereocenters. The number of aliphatic hydroxyl groups is 14. The standard InChI is InChI=1S/C73H124N12O33/c1-43-58(98)62(102)66(106)70(115-43)110-27-23-79-53(93)36-84(37-54(94)80-24-28-111-71-67(107)63(103)59(99)44(2)116-71)34-51(91)77-21-13-5-11-19-75-49(89)32-83(31-48(88)74-18-10-4-9-17-57(97)114-42-45-15-7-3-8-16-45)33-50(90)76-20-12-6-14-22-78-52(92)35-85(38-55(95)81-25-29-112-72-68(108)64(104)60(100)46(40-86)117-72)39-56(96)82-26-30-113-73-69(109)65(105)61(101)47(41-87)118-73/h3,7-8,15-16,43-44,46-47,58-73,86-87,98-109H,4-6,9-14,17-42H2,1-2H3,(H,74,88)(H,75,89)(H,76,90)(H,77,91)(H,78,92)(H,79,93)(H,80,94)(H,81,95)(H,82,96)/t43-,44-,46+,47+,58+,59+,60+,61+,62+,63+,64-,65-,66-,67-,68-,69-,70+,71+,72-,73-/m0/s1. The summed E-state index contributed by atoms with van der Waals surface area (Å²) in [4.78, 5) is 135. The quantitative estimate of drug-likeness (QED) is 0.0213. The van der Waals surface area contributed by atoms with Crippen molar-refractivity contribution < 1.29 is 162 Å². The number of aliphatic hydroxyl groups excluding tert-OH is 14. The molecule has 0 bridgehead atoms. The van der Waals surface area contributed by atoms with Crippen LogP contribution in [0.15, 0.2) is 30.3 Å². The molecule has 4 saturated heterocycles. The van der Waals surface area contributed by atoms with Gasteiger partial charge < -0.3 is 162 Å². The van der Waals surface area contributed by atoms with E-state index in [1.165, 1.54) is 28.5 Å². The van der Waals surface area contributed by atoms with E-state index in [1.807, 2.05) is 30.3 Å². The molecule has 0 saturated carbocycles. The fourth-order valence-electron chi connectivity index (χ4n) is 12.4. The highest BCUT2D eigenvalue weighted by molar-refractivity contribution is 5.86. The number of unbranched alkanes of at least 4 members (excludes halogenated alkanes) is 6. The fourth-order valence-corrected chi connectivity index (χ4v) is 12.4. The molecular formula is C73H124N12O33. The first-order valence-corrected chi connectivity index (χ1v) is 39.6. The van der Waals surface area contributed by atoms with Gasteiger partial charge in [0.15, 0.2) is 25.2 Å². The van der Waals surface area contributed by atoms with Crippen LogP contribution in [-0.2, 0) is 97.2 Å². The Morgan fingerprint density at radius 1 is 0.314 bits per heavy atom. The predicted molar refractivity (Wildman–Crippen MR) is 405 cm³/mol. The highest BCUT2D eigenvalue weighted by atomic mass is 16.7. The maximum atomic E-state index is 13.4. The van der Waals surface area contributed by atoms with Crippen molar-refractivity contribution in [1.82, 2.24) is 62.6 Å². The first-order valence-electron chi connectivity index (χ1n) is 39.6. The SMILES string of the molecule is C[C@@H]1O[C@@H](OCCNC(=O)CN(CC(=O)NCCCCCNC(=O)CN(CC(=O)NCCCCCNC(=O)CN(CC(=O)NCCO[C@H]2O[C@H](CO)[C@@H](O)[C@H](O)[C@@H]2O)CC(=O)NCCO[C@H]2O[C@H](CO)[C@@H](O)[C@H](O)[C@@H]2O)CC(=O)NCCCCCC(=O)OCc2ccccc2)CC(=O)NCCO[C@@H]2O[C@@H](C)[C@@H](O)[C@@H](O)[C@@H]2O)[C@@H](O)[C@H](O)[C@@H]1O. The average Bonchev–Trinajstić information content (AvgIpc) is 0.843. The maximum absolute atomic E-state index is 13.4. The van der Waals surface area contributed by atoms with Gasteiger partial charge in [-0.2, -0.15) is 0 Å². The van der Waals surface area contributed by atoms with E-state index in [-0.39, 0.29) is 124 Å². The van der Waals surface area contributed by atoms with Gasteiger partial charge in [-0.3, -0.25) is 62.6 Å². The summed E-state index contributed by atoms with van der Waals surface area (Å²) in [6.07, 6.45) is -24.3. The van der Waals surface area contributed by atoms with Gasteiger partial charge in [-0.25, -0.2) is 0 Å². The van der Waals surface area contributed by atoms with Gasteiger partial charge in [-0.15, -0.1) is 0 Å². The number of amides is 9. The molecule has 0 aromatic heterocycles. The van der Waals surface area contributed by atoms with E-state index in [1.54, 1.807) is 0 Å². The van der Waals surface area contributed by atoms with Crippen LogP contribution in [0, 0.1) is 0 Å². The molecule has 4 aliphatic rings. The fraction of sp³-hybridized carbons (Fsp3) is 0.781. The number of nitrogens with one attached hydrogen (secondary N) is 9. The van der Waals surface area contributed by atoms with E-state index < -0.39 is 228 Å². The molecule has 4 aliphatic heterocycles. The number of hydrogen-bond donors (Lipinski definition) is 23. The molecule has 1 aromatic carbocycles. The summed E-state index contributed by atoms with van der Waals surface area (Å²) < 4.78 is 48.5. The summed E-state index contributed by atoms with van der Waals surface area (Å²) in [7, 11) is 0. The minimum atomic E-state index is -1.71. The third-order valence-corrected chi connectivity index (χ3v) is 19.1. The number of carbonyl (C=O) groups is 10. The van der Waals surface area contributed by atoms with Crippen LogP contribution in [0.25, 0.3) is 0 Å². The van der Waals surface area contributed by atoms with Gasteiger partial charge in [-0.05, 0) is 70.8 Å². The molecule has 1 aromatic rings. The Hall–Kier alpha value is -7.08. The number of rotatable bonds is 56. The lowest BCUT2D eigenvalue weighted by molar-refractivity contribution is -0.300. The summed E-state index contributed by atoms with van der Waals surface area (Å²) in [6.45, 7) is -2.95. The third kappa shape index (κ3) is 37.9. The largest absolute Gasteiger partial charge is 0.461 e. The molecule has 20 atom stereocenters. The van der Waals surface area contributed by atoms with Gasteiger partial charge in [-0.1, -0.05) is 36.8 Å². The minimum Gasteiger partial charge on any atom is -0.461 e. The van der Waals surface area contributed by atoms with Crippen LogP contribution in [-0.4, -0.2) is 426 Å².